The predicted molar refractivity (Wildman–Crippen MR) is 112 cm³/mol. The molecule has 5 heteroatoms. The van der Waals surface area contributed by atoms with Crippen molar-refractivity contribution in [2.24, 2.45) is 5.92 Å². The molecular weight excluding hydrogens is 380 g/mol. The average molecular weight is 406 g/mol. The second kappa shape index (κ2) is 8.82. The number of benzene rings is 2. The highest BCUT2D eigenvalue weighted by Gasteiger charge is 2.39. The summed E-state index contributed by atoms with van der Waals surface area (Å²) in [4.78, 5) is 37.8. The summed E-state index contributed by atoms with van der Waals surface area (Å²) in [7, 11) is 0. The average Bonchev–Trinajstić information content (AvgIpc) is 3.19. The van der Waals surface area contributed by atoms with E-state index in [4.69, 9.17) is 9.47 Å². The molecule has 0 radical (unpaired) electrons. The van der Waals surface area contributed by atoms with E-state index in [9.17, 15) is 14.4 Å². The van der Waals surface area contributed by atoms with E-state index in [1.165, 1.54) is 0 Å². The maximum absolute atomic E-state index is 12.6. The number of hydrogen-bond donors (Lipinski definition) is 0. The molecule has 156 valence electrons. The zero-order valence-electron chi connectivity index (χ0n) is 17.2. The van der Waals surface area contributed by atoms with Crippen molar-refractivity contribution in [3.8, 4) is 11.5 Å². The smallest absolute Gasteiger partial charge is 0.231 e. The molecular formula is C25H26O5. The van der Waals surface area contributed by atoms with E-state index in [1.54, 1.807) is 0 Å². The van der Waals surface area contributed by atoms with Crippen LogP contribution < -0.4 is 9.47 Å². The third kappa shape index (κ3) is 4.45. The molecule has 30 heavy (non-hydrogen) atoms. The lowest BCUT2D eigenvalue weighted by atomic mass is 9.74. The van der Waals surface area contributed by atoms with Gasteiger partial charge in [0.2, 0.25) is 6.79 Å². The molecule has 0 N–H and O–H groups in total. The van der Waals surface area contributed by atoms with Crippen LogP contribution in [-0.4, -0.2) is 24.1 Å². The highest BCUT2D eigenvalue weighted by molar-refractivity contribution is 6.20. The van der Waals surface area contributed by atoms with Gasteiger partial charge < -0.3 is 9.47 Å². The zero-order valence-corrected chi connectivity index (χ0v) is 17.2. The number of fused-ring (bicyclic) bond motifs is 1. The Morgan fingerprint density at radius 2 is 1.63 bits per heavy atom. The van der Waals surface area contributed by atoms with E-state index in [-0.39, 0.29) is 49.3 Å². The van der Waals surface area contributed by atoms with Crippen LogP contribution >= 0.6 is 0 Å². The van der Waals surface area contributed by atoms with Gasteiger partial charge in [-0.2, -0.15) is 0 Å². The summed E-state index contributed by atoms with van der Waals surface area (Å²) >= 11 is 0. The molecule has 2 aliphatic rings. The fraction of sp³-hybridized carbons (Fsp3) is 0.400. The van der Waals surface area contributed by atoms with E-state index < -0.39 is 5.92 Å². The molecule has 2 aromatic carbocycles. The molecule has 0 atom stereocenters. The summed E-state index contributed by atoms with van der Waals surface area (Å²) in [5, 5.41) is 0. The first-order valence-corrected chi connectivity index (χ1v) is 10.5. The molecule has 0 amide bonds. The minimum absolute atomic E-state index is 0.111. The second-order valence-corrected chi connectivity index (χ2v) is 8.24. The maximum atomic E-state index is 12.6. The largest absolute Gasteiger partial charge is 0.454 e. The van der Waals surface area contributed by atoms with E-state index >= 15 is 0 Å². The van der Waals surface area contributed by atoms with Crippen molar-refractivity contribution in [3.63, 3.8) is 0 Å². The Kier molecular flexibility index (Phi) is 5.98. The number of hydrogen-bond acceptors (Lipinski definition) is 5. The molecule has 2 aromatic rings. The first kappa shape index (κ1) is 20.3. The van der Waals surface area contributed by atoms with Crippen LogP contribution in [-0.2, 0) is 20.8 Å². The Balaban J connectivity index is 1.27. The summed E-state index contributed by atoms with van der Waals surface area (Å²) in [6, 6.07) is 13.8. The van der Waals surface area contributed by atoms with Gasteiger partial charge in [0.05, 0.1) is 0 Å². The lowest BCUT2D eigenvalue weighted by Crippen LogP contribution is -2.38. The lowest BCUT2D eigenvalue weighted by molar-refractivity contribution is -0.142. The number of Topliss-reactive ketones (excluding diaryl/α,β-unsaturated/α-hetero) is 3. The third-order valence-corrected chi connectivity index (χ3v) is 5.99. The topological polar surface area (TPSA) is 69.7 Å². The molecule has 4 rings (SSSR count). The van der Waals surface area contributed by atoms with Gasteiger partial charge in [-0.25, -0.2) is 0 Å². The van der Waals surface area contributed by atoms with Crippen molar-refractivity contribution in [1.29, 1.82) is 0 Å². The van der Waals surface area contributed by atoms with Gasteiger partial charge in [-0.1, -0.05) is 35.9 Å². The number of rotatable bonds is 7. The fourth-order valence-corrected chi connectivity index (χ4v) is 4.28. The molecule has 0 saturated heterocycles. The van der Waals surface area contributed by atoms with Crippen molar-refractivity contribution in [2.45, 2.75) is 51.4 Å². The first-order valence-electron chi connectivity index (χ1n) is 10.5. The van der Waals surface area contributed by atoms with Crippen molar-refractivity contribution in [2.75, 3.05) is 6.79 Å². The van der Waals surface area contributed by atoms with Crippen LogP contribution in [0.2, 0.25) is 0 Å². The standard InChI is InChI=1S/C25H26O5/c1-16-6-9-18(10-7-16)19-13-21(27)25(22(28)14-19)20(26)5-3-2-4-17-8-11-23-24(12-17)30-15-29-23/h6-12,19,25H,2-5,13-15H2,1H3. The minimum atomic E-state index is -1.06. The number of ketones is 3. The summed E-state index contributed by atoms with van der Waals surface area (Å²) in [5.41, 5.74) is 3.26. The Morgan fingerprint density at radius 3 is 2.37 bits per heavy atom. The Labute approximate surface area is 176 Å². The van der Waals surface area contributed by atoms with Gasteiger partial charge in [-0.3, -0.25) is 14.4 Å². The Bertz CT molecular complexity index is 942. The molecule has 1 aliphatic heterocycles. The van der Waals surface area contributed by atoms with Crippen LogP contribution in [0.4, 0.5) is 0 Å². The van der Waals surface area contributed by atoms with E-state index in [2.05, 4.69) is 0 Å². The first-order chi connectivity index (χ1) is 14.5. The SMILES string of the molecule is Cc1ccc(C2CC(=O)C(C(=O)CCCCc3ccc4c(c3)OCO4)C(=O)C2)cc1. The van der Waals surface area contributed by atoms with Crippen molar-refractivity contribution in [3.05, 3.63) is 59.2 Å². The summed E-state index contributed by atoms with van der Waals surface area (Å²) < 4.78 is 10.7. The monoisotopic (exact) mass is 406 g/mol. The molecule has 0 aromatic heterocycles. The summed E-state index contributed by atoms with van der Waals surface area (Å²) in [6.45, 7) is 2.25. The molecule has 1 saturated carbocycles. The van der Waals surface area contributed by atoms with Gasteiger partial charge in [0.15, 0.2) is 28.8 Å². The highest BCUT2D eigenvalue weighted by atomic mass is 16.7. The van der Waals surface area contributed by atoms with E-state index in [1.807, 2.05) is 49.4 Å². The van der Waals surface area contributed by atoms with Gasteiger partial charge in [-0.15, -0.1) is 0 Å². The van der Waals surface area contributed by atoms with Gasteiger partial charge >= 0.3 is 0 Å². The van der Waals surface area contributed by atoms with Gasteiger partial charge in [0.1, 0.15) is 5.92 Å². The number of carbonyl (C=O) groups excluding carboxylic acids is 3. The summed E-state index contributed by atoms with van der Waals surface area (Å²) in [6.07, 6.45) is 3.08. The van der Waals surface area contributed by atoms with Gasteiger partial charge in [0, 0.05) is 19.3 Å². The van der Waals surface area contributed by atoms with Crippen molar-refractivity contribution in [1.82, 2.24) is 0 Å². The maximum Gasteiger partial charge on any atom is 0.231 e. The normalized spacial score (nSPS) is 20.4. The number of unbranched alkanes of at least 4 members (excludes halogenated alkanes) is 1. The molecule has 5 nitrogen and oxygen atoms in total. The quantitative estimate of drug-likeness (QED) is 0.505. The van der Waals surface area contributed by atoms with Crippen LogP contribution in [0.3, 0.4) is 0 Å². The van der Waals surface area contributed by atoms with Crippen molar-refractivity contribution >= 4 is 17.3 Å². The van der Waals surface area contributed by atoms with Gasteiger partial charge in [0.25, 0.3) is 0 Å². The second-order valence-electron chi connectivity index (χ2n) is 8.24. The molecule has 1 aliphatic carbocycles. The molecule has 1 fully saturated rings. The van der Waals surface area contributed by atoms with Crippen molar-refractivity contribution < 1.29 is 23.9 Å². The van der Waals surface area contributed by atoms with Crippen LogP contribution in [0.5, 0.6) is 11.5 Å². The number of ether oxygens (including phenoxy) is 2. The Hall–Kier alpha value is -2.95. The molecule has 0 unspecified atom stereocenters. The summed E-state index contributed by atoms with van der Waals surface area (Å²) in [5.74, 6) is -0.330. The Morgan fingerprint density at radius 1 is 0.933 bits per heavy atom. The van der Waals surface area contributed by atoms with E-state index in [0.29, 0.717) is 6.42 Å². The predicted octanol–water partition coefficient (Wildman–Crippen LogP) is 4.34. The fourth-order valence-electron chi connectivity index (χ4n) is 4.28. The van der Waals surface area contributed by atoms with Crippen LogP contribution in [0.25, 0.3) is 0 Å². The number of carbonyl (C=O) groups is 3. The van der Waals surface area contributed by atoms with Crippen LogP contribution in [0, 0.1) is 12.8 Å². The minimum Gasteiger partial charge on any atom is -0.454 e. The molecule has 1 heterocycles. The van der Waals surface area contributed by atoms with Gasteiger partial charge in [-0.05, 0) is 55.4 Å². The third-order valence-electron chi connectivity index (χ3n) is 5.99. The van der Waals surface area contributed by atoms with Crippen LogP contribution in [0.1, 0.15) is 54.7 Å². The van der Waals surface area contributed by atoms with E-state index in [0.717, 1.165) is 41.0 Å². The molecule has 0 spiro atoms. The zero-order chi connectivity index (χ0) is 21.1. The number of aryl methyl sites for hydroxylation is 2. The highest BCUT2D eigenvalue weighted by Crippen LogP contribution is 2.34. The van der Waals surface area contributed by atoms with Crippen LogP contribution in [0.15, 0.2) is 42.5 Å². The molecule has 0 bridgehead atoms. The lowest BCUT2D eigenvalue weighted by Gasteiger charge is -2.26.